The molecule has 17 heavy (non-hydrogen) atoms. The lowest BCUT2D eigenvalue weighted by molar-refractivity contribution is -0.114. The molecule has 2 heteroatoms. The third-order valence-corrected chi connectivity index (χ3v) is 3.72. The number of anilines is 1. The standard InChI is InChI=1S/C15H21NO/c1-11-3-5-13(6-4-11)14-7-9-15(10-8-14)16-12(2)17/h7-11,13H,3-6H2,1-2H3,(H,16,17). The van der Waals surface area contributed by atoms with Gasteiger partial charge >= 0.3 is 0 Å². The predicted molar refractivity (Wildman–Crippen MR) is 71.1 cm³/mol. The first-order valence-corrected chi connectivity index (χ1v) is 6.52. The number of rotatable bonds is 2. The van der Waals surface area contributed by atoms with Crippen molar-refractivity contribution in [1.29, 1.82) is 0 Å². The predicted octanol–water partition coefficient (Wildman–Crippen LogP) is 3.94. The SMILES string of the molecule is CC(=O)Nc1ccc(C2CCC(C)CC2)cc1. The van der Waals surface area contributed by atoms with E-state index in [4.69, 9.17) is 0 Å². The summed E-state index contributed by atoms with van der Waals surface area (Å²) in [7, 11) is 0. The normalized spacial score (nSPS) is 24.4. The molecular formula is C15H21NO. The van der Waals surface area contributed by atoms with Crippen LogP contribution >= 0.6 is 0 Å². The lowest BCUT2D eigenvalue weighted by Crippen LogP contribution is -2.11. The fraction of sp³-hybridized carbons (Fsp3) is 0.533. The monoisotopic (exact) mass is 231 g/mol. The Kier molecular flexibility index (Phi) is 3.82. The van der Waals surface area contributed by atoms with Crippen LogP contribution in [0.25, 0.3) is 0 Å². The Morgan fingerprint density at radius 2 is 1.71 bits per heavy atom. The van der Waals surface area contributed by atoms with Gasteiger partial charge in [-0.1, -0.05) is 31.9 Å². The van der Waals surface area contributed by atoms with Crippen LogP contribution in [0.5, 0.6) is 0 Å². The van der Waals surface area contributed by atoms with Crippen LogP contribution in [0.3, 0.4) is 0 Å². The van der Waals surface area contributed by atoms with Crippen LogP contribution in [0.1, 0.15) is 51.0 Å². The maximum atomic E-state index is 10.9. The molecule has 0 bridgehead atoms. The van der Waals surface area contributed by atoms with Crippen LogP contribution in [-0.4, -0.2) is 5.91 Å². The van der Waals surface area contributed by atoms with Crippen molar-refractivity contribution < 1.29 is 4.79 Å². The molecule has 2 nitrogen and oxygen atoms in total. The van der Waals surface area contributed by atoms with Crippen LogP contribution < -0.4 is 5.32 Å². The van der Waals surface area contributed by atoms with Crippen LogP contribution in [0.2, 0.25) is 0 Å². The van der Waals surface area contributed by atoms with Gasteiger partial charge in [-0.05, 0) is 42.4 Å². The average molecular weight is 231 g/mol. The highest BCUT2D eigenvalue weighted by Gasteiger charge is 2.19. The molecule has 2 rings (SSSR count). The molecule has 92 valence electrons. The lowest BCUT2D eigenvalue weighted by Gasteiger charge is -2.26. The molecule has 1 aromatic carbocycles. The van der Waals surface area contributed by atoms with Gasteiger partial charge in [-0.25, -0.2) is 0 Å². The number of hydrogen-bond acceptors (Lipinski definition) is 1. The van der Waals surface area contributed by atoms with Crippen molar-refractivity contribution in [3.05, 3.63) is 29.8 Å². The summed E-state index contributed by atoms with van der Waals surface area (Å²) < 4.78 is 0. The zero-order valence-electron chi connectivity index (χ0n) is 10.7. The highest BCUT2D eigenvalue weighted by Crippen LogP contribution is 2.35. The number of amides is 1. The van der Waals surface area contributed by atoms with Crippen molar-refractivity contribution in [3.63, 3.8) is 0 Å². The summed E-state index contributed by atoms with van der Waals surface area (Å²) in [5, 5.41) is 2.80. The Morgan fingerprint density at radius 3 is 2.24 bits per heavy atom. The Bertz CT molecular complexity index is 374. The van der Waals surface area contributed by atoms with Gasteiger partial charge in [0.2, 0.25) is 5.91 Å². The van der Waals surface area contributed by atoms with Crippen LogP contribution in [-0.2, 0) is 4.79 Å². The highest BCUT2D eigenvalue weighted by atomic mass is 16.1. The highest BCUT2D eigenvalue weighted by molar-refractivity contribution is 5.88. The van der Waals surface area contributed by atoms with Crippen molar-refractivity contribution >= 4 is 11.6 Å². The zero-order chi connectivity index (χ0) is 12.3. The molecular weight excluding hydrogens is 210 g/mol. The molecule has 0 saturated heterocycles. The fourth-order valence-corrected chi connectivity index (χ4v) is 2.64. The largest absolute Gasteiger partial charge is 0.326 e. The number of hydrogen-bond donors (Lipinski definition) is 1. The molecule has 0 radical (unpaired) electrons. The molecule has 1 aliphatic rings. The van der Waals surface area contributed by atoms with E-state index < -0.39 is 0 Å². The summed E-state index contributed by atoms with van der Waals surface area (Å²) in [6.07, 6.45) is 5.30. The first kappa shape index (κ1) is 12.2. The Hall–Kier alpha value is -1.31. The number of carbonyl (C=O) groups excluding carboxylic acids is 1. The average Bonchev–Trinajstić information content (AvgIpc) is 2.30. The number of nitrogens with one attached hydrogen (secondary N) is 1. The van der Waals surface area contributed by atoms with Crippen LogP contribution in [0.15, 0.2) is 24.3 Å². The van der Waals surface area contributed by atoms with E-state index in [1.54, 1.807) is 0 Å². The van der Waals surface area contributed by atoms with Gasteiger partial charge in [0.1, 0.15) is 0 Å². The maximum absolute atomic E-state index is 10.9. The molecule has 1 fully saturated rings. The van der Waals surface area contributed by atoms with E-state index in [-0.39, 0.29) is 5.91 Å². The third-order valence-electron chi connectivity index (χ3n) is 3.72. The minimum atomic E-state index is -0.00996. The Labute approximate surface area is 103 Å². The molecule has 1 amide bonds. The summed E-state index contributed by atoms with van der Waals surface area (Å²) in [4.78, 5) is 10.9. The van der Waals surface area contributed by atoms with Crippen LogP contribution in [0.4, 0.5) is 5.69 Å². The smallest absolute Gasteiger partial charge is 0.221 e. The van der Waals surface area contributed by atoms with Crippen molar-refractivity contribution in [3.8, 4) is 0 Å². The summed E-state index contributed by atoms with van der Waals surface area (Å²) in [6, 6.07) is 8.33. The van der Waals surface area contributed by atoms with Crippen molar-refractivity contribution in [1.82, 2.24) is 0 Å². The van der Waals surface area contributed by atoms with Gasteiger partial charge in [0, 0.05) is 12.6 Å². The molecule has 0 spiro atoms. The fourth-order valence-electron chi connectivity index (χ4n) is 2.64. The van der Waals surface area contributed by atoms with Gasteiger partial charge in [0.25, 0.3) is 0 Å². The molecule has 0 heterocycles. The summed E-state index contributed by atoms with van der Waals surface area (Å²) in [6.45, 7) is 3.88. The second kappa shape index (κ2) is 5.35. The minimum Gasteiger partial charge on any atom is -0.326 e. The topological polar surface area (TPSA) is 29.1 Å². The van der Waals surface area contributed by atoms with Crippen LogP contribution in [0, 0.1) is 5.92 Å². The molecule has 0 aliphatic heterocycles. The Morgan fingerprint density at radius 1 is 1.12 bits per heavy atom. The summed E-state index contributed by atoms with van der Waals surface area (Å²) in [5.74, 6) is 1.60. The van der Waals surface area contributed by atoms with Crippen molar-refractivity contribution in [2.24, 2.45) is 5.92 Å². The summed E-state index contributed by atoms with van der Waals surface area (Å²) in [5.41, 5.74) is 2.32. The number of benzene rings is 1. The van der Waals surface area contributed by atoms with Gasteiger partial charge in [-0.2, -0.15) is 0 Å². The molecule has 1 saturated carbocycles. The molecule has 0 aromatic heterocycles. The quantitative estimate of drug-likeness (QED) is 0.820. The first-order valence-electron chi connectivity index (χ1n) is 6.52. The first-order chi connectivity index (χ1) is 8.15. The van der Waals surface area contributed by atoms with E-state index in [0.717, 1.165) is 17.5 Å². The molecule has 1 aliphatic carbocycles. The second-order valence-electron chi connectivity index (χ2n) is 5.26. The van der Waals surface area contributed by atoms with E-state index in [0.29, 0.717) is 0 Å². The second-order valence-corrected chi connectivity index (χ2v) is 5.26. The summed E-state index contributed by atoms with van der Waals surface area (Å²) >= 11 is 0. The van der Waals surface area contributed by atoms with Gasteiger partial charge in [-0.15, -0.1) is 0 Å². The molecule has 0 unspecified atom stereocenters. The van der Waals surface area contributed by atoms with E-state index >= 15 is 0 Å². The maximum Gasteiger partial charge on any atom is 0.221 e. The Balaban J connectivity index is 2.00. The van der Waals surface area contributed by atoms with E-state index in [1.807, 2.05) is 12.1 Å². The minimum absolute atomic E-state index is 0.00996. The van der Waals surface area contributed by atoms with E-state index in [2.05, 4.69) is 24.4 Å². The molecule has 0 atom stereocenters. The van der Waals surface area contributed by atoms with Crippen molar-refractivity contribution in [2.45, 2.75) is 45.4 Å². The van der Waals surface area contributed by atoms with Crippen molar-refractivity contribution in [2.75, 3.05) is 5.32 Å². The van der Waals surface area contributed by atoms with Gasteiger partial charge in [0.15, 0.2) is 0 Å². The number of carbonyl (C=O) groups is 1. The van der Waals surface area contributed by atoms with Gasteiger partial charge in [-0.3, -0.25) is 4.79 Å². The lowest BCUT2D eigenvalue weighted by atomic mass is 9.79. The van der Waals surface area contributed by atoms with E-state index in [9.17, 15) is 4.79 Å². The van der Waals surface area contributed by atoms with E-state index in [1.165, 1.54) is 38.2 Å². The van der Waals surface area contributed by atoms with Gasteiger partial charge in [0.05, 0.1) is 0 Å². The molecule has 1 aromatic rings. The zero-order valence-corrected chi connectivity index (χ0v) is 10.7. The molecule has 1 N–H and O–H groups in total. The van der Waals surface area contributed by atoms with Gasteiger partial charge < -0.3 is 5.32 Å². The third kappa shape index (κ3) is 3.32.